The molecule has 2 heterocycles. The Labute approximate surface area is 135 Å². The van der Waals surface area contributed by atoms with Crippen molar-refractivity contribution in [3.05, 3.63) is 40.7 Å². The molecule has 0 unspecified atom stereocenters. The lowest BCUT2D eigenvalue weighted by Crippen LogP contribution is -2.43. The van der Waals surface area contributed by atoms with E-state index in [-0.39, 0.29) is 12.4 Å². The first-order valence-corrected chi connectivity index (χ1v) is 7.25. The van der Waals surface area contributed by atoms with E-state index in [2.05, 4.69) is 15.2 Å². The van der Waals surface area contributed by atoms with Gasteiger partial charge in [0.25, 0.3) is 0 Å². The normalized spacial score (nSPS) is 15.7. The van der Waals surface area contributed by atoms with Crippen LogP contribution in [0.2, 0.25) is 5.02 Å². The molecule has 1 aliphatic heterocycles. The van der Waals surface area contributed by atoms with Crippen molar-refractivity contribution < 1.29 is 4.42 Å². The summed E-state index contributed by atoms with van der Waals surface area (Å²) in [6.07, 6.45) is 0. The van der Waals surface area contributed by atoms with Gasteiger partial charge in [-0.1, -0.05) is 17.7 Å². The van der Waals surface area contributed by atoms with Crippen molar-refractivity contribution in [2.24, 2.45) is 0 Å². The number of aryl methyl sites for hydroxylation is 1. The summed E-state index contributed by atoms with van der Waals surface area (Å²) in [5, 5.41) is 4.05. The number of rotatable bonds is 3. The van der Waals surface area contributed by atoms with Gasteiger partial charge in [-0.05, 0) is 25.1 Å². The molecule has 114 valence electrons. The van der Waals surface area contributed by atoms with E-state index in [0.29, 0.717) is 10.9 Å². The Bertz CT molecular complexity index is 594. The first kappa shape index (κ1) is 16.3. The first-order valence-electron chi connectivity index (χ1n) is 6.88. The number of hydrogen-bond donors (Lipinski definition) is 1. The average molecular weight is 328 g/mol. The summed E-state index contributed by atoms with van der Waals surface area (Å²) in [5.41, 5.74) is 1.94. The van der Waals surface area contributed by atoms with E-state index in [0.717, 1.165) is 49.7 Å². The zero-order valence-electron chi connectivity index (χ0n) is 11.9. The lowest BCUT2D eigenvalue weighted by Gasteiger charge is -2.26. The van der Waals surface area contributed by atoms with Gasteiger partial charge in [-0.2, -0.15) is 0 Å². The van der Waals surface area contributed by atoms with Crippen molar-refractivity contribution >= 4 is 24.0 Å². The largest absolute Gasteiger partial charge is 0.441 e. The van der Waals surface area contributed by atoms with Crippen LogP contribution in [0.15, 0.2) is 28.7 Å². The number of nitrogens with one attached hydrogen (secondary N) is 1. The van der Waals surface area contributed by atoms with E-state index in [1.807, 2.05) is 31.2 Å². The zero-order chi connectivity index (χ0) is 13.9. The van der Waals surface area contributed by atoms with Crippen LogP contribution >= 0.6 is 24.0 Å². The van der Waals surface area contributed by atoms with Gasteiger partial charge in [-0.15, -0.1) is 12.4 Å². The summed E-state index contributed by atoms with van der Waals surface area (Å²) in [5.74, 6) is 1.54. The van der Waals surface area contributed by atoms with Crippen LogP contribution in [0.3, 0.4) is 0 Å². The van der Waals surface area contributed by atoms with Gasteiger partial charge in [0.1, 0.15) is 5.76 Å². The van der Waals surface area contributed by atoms with E-state index in [4.69, 9.17) is 16.0 Å². The second-order valence-corrected chi connectivity index (χ2v) is 5.49. The predicted molar refractivity (Wildman–Crippen MR) is 87.1 cm³/mol. The fourth-order valence-corrected chi connectivity index (χ4v) is 2.59. The molecule has 0 saturated carbocycles. The third-order valence-corrected chi connectivity index (χ3v) is 3.78. The minimum Gasteiger partial charge on any atom is -0.441 e. The standard InChI is InChI=1S/C15H18ClN3O.ClH/c1-11-14(10-19-7-5-17-6-8-19)18-15(20-11)12-3-2-4-13(16)9-12;/h2-4,9,17H,5-8,10H2,1H3;1H. The van der Waals surface area contributed by atoms with E-state index >= 15 is 0 Å². The van der Waals surface area contributed by atoms with Crippen molar-refractivity contribution in [3.63, 3.8) is 0 Å². The quantitative estimate of drug-likeness (QED) is 0.940. The molecule has 0 aliphatic carbocycles. The Morgan fingerprint density at radius 3 is 2.81 bits per heavy atom. The summed E-state index contributed by atoms with van der Waals surface area (Å²) in [4.78, 5) is 7.02. The highest BCUT2D eigenvalue weighted by Gasteiger charge is 2.16. The molecule has 2 aromatic rings. The molecular weight excluding hydrogens is 309 g/mol. The monoisotopic (exact) mass is 327 g/mol. The van der Waals surface area contributed by atoms with Gasteiger partial charge in [-0.25, -0.2) is 4.98 Å². The van der Waals surface area contributed by atoms with Crippen LogP contribution < -0.4 is 5.32 Å². The molecule has 1 N–H and O–H groups in total. The summed E-state index contributed by atoms with van der Waals surface area (Å²) in [6, 6.07) is 7.60. The van der Waals surface area contributed by atoms with Crippen molar-refractivity contribution in [1.29, 1.82) is 0 Å². The molecule has 0 spiro atoms. The van der Waals surface area contributed by atoms with Gasteiger partial charge in [0, 0.05) is 43.3 Å². The molecule has 1 fully saturated rings. The number of oxazole rings is 1. The SMILES string of the molecule is Cc1oc(-c2cccc(Cl)c2)nc1CN1CCNCC1.Cl. The molecule has 0 bridgehead atoms. The summed E-state index contributed by atoms with van der Waals surface area (Å²) >= 11 is 6.01. The second kappa shape index (κ2) is 7.27. The van der Waals surface area contributed by atoms with Gasteiger partial charge < -0.3 is 9.73 Å². The number of hydrogen-bond acceptors (Lipinski definition) is 4. The maximum atomic E-state index is 6.01. The minimum absolute atomic E-state index is 0. The lowest BCUT2D eigenvalue weighted by molar-refractivity contribution is 0.230. The molecule has 0 amide bonds. The zero-order valence-corrected chi connectivity index (χ0v) is 13.5. The number of benzene rings is 1. The number of nitrogens with zero attached hydrogens (tertiary/aromatic N) is 2. The lowest BCUT2D eigenvalue weighted by atomic mass is 10.2. The van der Waals surface area contributed by atoms with E-state index in [1.165, 1.54) is 0 Å². The van der Waals surface area contributed by atoms with Crippen molar-refractivity contribution in [3.8, 4) is 11.5 Å². The van der Waals surface area contributed by atoms with Crippen LogP contribution in [-0.4, -0.2) is 36.1 Å². The van der Waals surface area contributed by atoms with Gasteiger partial charge in [0.05, 0.1) is 5.69 Å². The highest BCUT2D eigenvalue weighted by Crippen LogP contribution is 2.24. The molecule has 0 atom stereocenters. The van der Waals surface area contributed by atoms with Crippen molar-refractivity contribution in [2.45, 2.75) is 13.5 Å². The highest BCUT2D eigenvalue weighted by molar-refractivity contribution is 6.30. The maximum Gasteiger partial charge on any atom is 0.226 e. The number of halogens is 2. The molecule has 1 aromatic heterocycles. The second-order valence-electron chi connectivity index (χ2n) is 5.06. The average Bonchev–Trinajstić information content (AvgIpc) is 2.81. The number of aromatic nitrogens is 1. The minimum atomic E-state index is 0. The molecular formula is C15H19Cl2N3O. The van der Waals surface area contributed by atoms with E-state index < -0.39 is 0 Å². The van der Waals surface area contributed by atoms with Crippen LogP contribution in [-0.2, 0) is 6.54 Å². The fraction of sp³-hybridized carbons (Fsp3) is 0.400. The molecule has 1 saturated heterocycles. The molecule has 0 radical (unpaired) electrons. The molecule has 3 rings (SSSR count). The molecule has 1 aromatic carbocycles. The van der Waals surface area contributed by atoms with E-state index in [1.54, 1.807) is 0 Å². The molecule has 1 aliphatic rings. The van der Waals surface area contributed by atoms with Crippen molar-refractivity contribution in [1.82, 2.24) is 15.2 Å². The topological polar surface area (TPSA) is 41.3 Å². The Morgan fingerprint density at radius 2 is 2.10 bits per heavy atom. The summed E-state index contributed by atoms with van der Waals surface area (Å²) < 4.78 is 5.79. The Kier molecular flexibility index (Phi) is 5.65. The van der Waals surface area contributed by atoms with E-state index in [9.17, 15) is 0 Å². The fourth-order valence-electron chi connectivity index (χ4n) is 2.40. The molecule has 6 heteroatoms. The third kappa shape index (κ3) is 3.98. The predicted octanol–water partition coefficient (Wildman–Crippen LogP) is 3.13. The molecule has 4 nitrogen and oxygen atoms in total. The van der Waals surface area contributed by atoms with Crippen LogP contribution in [0.5, 0.6) is 0 Å². The van der Waals surface area contributed by atoms with Gasteiger partial charge in [-0.3, -0.25) is 4.90 Å². The van der Waals surface area contributed by atoms with Crippen LogP contribution in [0.4, 0.5) is 0 Å². The Hall–Kier alpha value is -1.07. The first-order chi connectivity index (χ1) is 9.72. The smallest absolute Gasteiger partial charge is 0.226 e. The third-order valence-electron chi connectivity index (χ3n) is 3.55. The molecule has 21 heavy (non-hydrogen) atoms. The van der Waals surface area contributed by atoms with Gasteiger partial charge in [0.15, 0.2) is 0 Å². The van der Waals surface area contributed by atoms with Crippen LogP contribution in [0.25, 0.3) is 11.5 Å². The summed E-state index contributed by atoms with van der Waals surface area (Å²) in [6.45, 7) is 7.00. The highest BCUT2D eigenvalue weighted by atomic mass is 35.5. The van der Waals surface area contributed by atoms with Gasteiger partial charge >= 0.3 is 0 Å². The summed E-state index contributed by atoms with van der Waals surface area (Å²) in [7, 11) is 0. The Balaban J connectivity index is 0.00000161. The van der Waals surface area contributed by atoms with Gasteiger partial charge in [0.2, 0.25) is 5.89 Å². The number of piperazine rings is 1. The Morgan fingerprint density at radius 1 is 1.33 bits per heavy atom. The van der Waals surface area contributed by atoms with Crippen LogP contribution in [0.1, 0.15) is 11.5 Å². The van der Waals surface area contributed by atoms with Crippen LogP contribution in [0, 0.1) is 6.92 Å². The maximum absolute atomic E-state index is 6.01. The van der Waals surface area contributed by atoms with Crippen molar-refractivity contribution in [2.75, 3.05) is 26.2 Å².